The van der Waals surface area contributed by atoms with Gasteiger partial charge >= 0.3 is 0 Å². The predicted octanol–water partition coefficient (Wildman–Crippen LogP) is 5.14. The number of hydrogen-bond acceptors (Lipinski definition) is 7. The molecule has 130 valence electrons. The van der Waals surface area contributed by atoms with Gasteiger partial charge in [0, 0.05) is 5.56 Å². The second kappa shape index (κ2) is 7.48. The molecule has 0 aliphatic heterocycles. The molecule has 0 radical (unpaired) electrons. The molecule has 0 fully saturated rings. The van der Waals surface area contributed by atoms with Gasteiger partial charge in [0.25, 0.3) is 0 Å². The highest BCUT2D eigenvalue weighted by molar-refractivity contribution is 8.00. The van der Waals surface area contributed by atoms with Crippen molar-refractivity contribution in [2.75, 3.05) is 0 Å². The Kier molecular flexibility index (Phi) is 4.91. The molecular weight excluding hydrogens is 391 g/mol. The number of hydrogen-bond donors (Lipinski definition) is 0. The first-order valence-electron chi connectivity index (χ1n) is 7.56. The zero-order valence-electron chi connectivity index (χ0n) is 13.2. The smallest absolute Gasteiger partial charge is 0.237 e. The molecule has 2 heterocycles. The maximum absolute atomic E-state index is 13.0. The molecule has 0 bridgehead atoms. The lowest BCUT2D eigenvalue weighted by Crippen LogP contribution is -1.95. The molecule has 2 aromatic carbocycles. The largest absolute Gasteiger partial charge is 0.338 e. The van der Waals surface area contributed by atoms with E-state index in [4.69, 9.17) is 16.7 Å². The van der Waals surface area contributed by atoms with Crippen LogP contribution < -0.4 is 0 Å². The average Bonchev–Trinajstić information content (AvgIpc) is 3.28. The first kappa shape index (κ1) is 17.1. The third-order valence-electron chi connectivity index (χ3n) is 3.42. The Labute approximate surface area is 161 Å². The molecule has 26 heavy (non-hydrogen) atoms. The van der Waals surface area contributed by atoms with E-state index in [0.29, 0.717) is 27.0 Å². The van der Waals surface area contributed by atoms with Crippen LogP contribution in [0.1, 0.15) is 5.89 Å². The maximum Gasteiger partial charge on any atom is 0.237 e. The Balaban J connectivity index is 1.47. The lowest BCUT2D eigenvalue weighted by molar-refractivity contribution is 0.391. The summed E-state index contributed by atoms with van der Waals surface area (Å²) in [7, 11) is 0. The highest BCUT2D eigenvalue weighted by Gasteiger charge is 2.12. The minimum absolute atomic E-state index is 0.303. The van der Waals surface area contributed by atoms with Gasteiger partial charge < -0.3 is 4.52 Å². The fourth-order valence-electron chi connectivity index (χ4n) is 2.20. The van der Waals surface area contributed by atoms with E-state index in [1.807, 2.05) is 30.3 Å². The SMILES string of the molecule is Fc1ccc(-c2noc(CSc3nn(-c4ccccc4)c(=S)s3)n2)cc1. The van der Waals surface area contributed by atoms with Gasteiger partial charge in [-0.3, -0.25) is 0 Å². The molecule has 4 rings (SSSR count). The molecule has 0 saturated heterocycles. The van der Waals surface area contributed by atoms with Crippen molar-refractivity contribution < 1.29 is 8.91 Å². The first-order chi connectivity index (χ1) is 12.7. The van der Waals surface area contributed by atoms with E-state index in [1.165, 1.54) is 35.2 Å². The van der Waals surface area contributed by atoms with E-state index in [1.54, 1.807) is 16.8 Å². The topological polar surface area (TPSA) is 56.7 Å². The van der Waals surface area contributed by atoms with Crippen LogP contribution in [-0.4, -0.2) is 19.9 Å². The minimum atomic E-state index is -0.303. The third-order valence-corrected chi connectivity index (χ3v) is 5.77. The van der Waals surface area contributed by atoms with Crippen LogP contribution in [0.5, 0.6) is 0 Å². The predicted molar refractivity (Wildman–Crippen MR) is 102 cm³/mol. The normalized spacial score (nSPS) is 11.0. The molecule has 9 heteroatoms. The Bertz CT molecular complexity index is 1070. The summed E-state index contributed by atoms with van der Waals surface area (Å²) in [4.78, 5) is 4.34. The lowest BCUT2D eigenvalue weighted by Gasteiger charge is -1.98. The lowest BCUT2D eigenvalue weighted by atomic mass is 10.2. The van der Waals surface area contributed by atoms with Crippen LogP contribution in [0.4, 0.5) is 4.39 Å². The van der Waals surface area contributed by atoms with Crippen LogP contribution in [0.2, 0.25) is 0 Å². The highest BCUT2D eigenvalue weighted by atomic mass is 32.2. The molecule has 0 unspecified atom stereocenters. The van der Waals surface area contributed by atoms with E-state index in [0.717, 1.165) is 10.0 Å². The number of para-hydroxylation sites is 1. The number of benzene rings is 2. The van der Waals surface area contributed by atoms with Gasteiger partial charge in [0.05, 0.1) is 11.4 Å². The number of thioether (sulfide) groups is 1. The van der Waals surface area contributed by atoms with Crippen LogP contribution in [0, 0.1) is 9.77 Å². The van der Waals surface area contributed by atoms with Crippen molar-refractivity contribution in [1.82, 2.24) is 19.9 Å². The molecule has 0 spiro atoms. The average molecular weight is 403 g/mol. The van der Waals surface area contributed by atoms with Crippen LogP contribution in [-0.2, 0) is 5.75 Å². The fourth-order valence-corrected chi connectivity index (χ4v) is 4.40. The number of aromatic nitrogens is 4. The van der Waals surface area contributed by atoms with Gasteiger partial charge in [0.1, 0.15) is 5.82 Å². The summed E-state index contributed by atoms with van der Waals surface area (Å²) in [6.45, 7) is 0. The molecule has 4 aromatic rings. The summed E-state index contributed by atoms with van der Waals surface area (Å²) in [5.41, 5.74) is 1.63. The second-order valence-electron chi connectivity index (χ2n) is 5.19. The molecular formula is C17H11FN4OS3. The summed E-state index contributed by atoms with van der Waals surface area (Å²) in [5, 5.41) is 8.47. The maximum atomic E-state index is 13.0. The van der Waals surface area contributed by atoms with Crippen molar-refractivity contribution in [2.24, 2.45) is 0 Å². The summed E-state index contributed by atoms with van der Waals surface area (Å²) in [6.07, 6.45) is 0. The van der Waals surface area contributed by atoms with Crippen LogP contribution >= 0.6 is 35.3 Å². The van der Waals surface area contributed by atoms with Crippen molar-refractivity contribution in [3.63, 3.8) is 0 Å². The molecule has 5 nitrogen and oxygen atoms in total. The quantitative estimate of drug-likeness (QED) is 0.340. The Morgan fingerprint density at radius 3 is 2.65 bits per heavy atom. The van der Waals surface area contributed by atoms with E-state index >= 15 is 0 Å². The molecule has 0 atom stereocenters. The van der Waals surface area contributed by atoms with Crippen LogP contribution in [0.15, 0.2) is 63.5 Å². The van der Waals surface area contributed by atoms with Gasteiger partial charge in [0.15, 0.2) is 8.29 Å². The Hall–Kier alpha value is -2.36. The van der Waals surface area contributed by atoms with Gasteiger partial charge in [-0.15, -0.1) is 5.10 Å². The molecule has 0 aliphatic carbocycles. The van der Waals surface area contributed by atoms with Crippen molar-refractivity contribution in [1.29, 1.82) is 0 Å². The molecule has 0 aliphatic rings. The number of rotatable bonds is 5. The van der Waals surface area contributed by atoms with Gasteiger partial charge in [-0.2, -0.15) is 4.98 Å². The van der Waals surface area contributed by atoms with Crippen molar-refractivity contribution in [3.8, 4) is 17.1 Å². The summed E-state index contributed by atoms with van der Waals surface area (Å²) < 4.78 is 21.5. The second-order valence-corrected chi connectivity index (χ2v) is 8.03. The van der Waals surface area contributed by atoms with Crippen LogP contribution in [0.25, 0.3) is 17.1 Å². The first-order valence-corrected chi connectivity index (χ1v) is 9.77. The molecule has 2 aromatic heterocycles. The van der Waals surface area contributed by atoms with Crippen LogP contribution in [0.3, 0.4) is 0 Å². The standard InChI is InChI=1S/C17H11FN4OS3/c18-12-8-6-11(7-9-12)15-19-14(23-21-15)10-25-16-20-22(17(24)26-16)13-4-2-1-3-5-13/h1-9H,10H2. The van der Waals surface area contributed by atoms with E-state index in [2.05, 4.69) is 15.2 Å². The van der Waals surface area contributed by atoms with Gasteiger partial charge in [-0.25, -0.2) is 9.07 Å². The van der Waals surface area contributed by atoms with E-state index < -0.39 is 0 Å². The molecule has 0 amide bonds. The van der Waals surface area contributed by atoms with Gasteiger partial charge in [0.2, 0.25) is 11.7 Å². The third kappa shape index (κ3) is 3.74. The summed E-state index contributed by atoms with van der Waals surface area (Å²) in [6, 6.07) is 15.7. The van der Waals surface area contributed by atoms with E-state index in [-0.39, 0.29) is 5.82 Å². The number of nitrogens with zero attached hydrogens (tertiary/aromatic N) is 4. The monoisotopic (exact) mass is 402 g/mol. The zero-order valence-corrected chi connectivity index (χ0v) is 15.7. The number of halogens is 1. The van der Waals surface area contributed by atoms with Gasteiger partial charge in [-0.1, -0.05) is 46.5 Å². The molecule has 0 saturated carbocycles. The zero-order chi connectivity index (χ0) is 17.9. The Morgan fingerprint density at radius 2 is 1.88 bits per heavy atom. The van der Waals surface area contributed by atoms with Crippen molar-refractivity contribution in [2.45, 2.75) is 10.1 Å². The Morgan fingerprint density at radius 1 is 1.12 bits per heavy atom. The summed E-state index contributed by atoms with van der Waals surface area (Å²) >= 11 is 8.30. The highest BCUT2D eigenvalue weighted by Crippen LogP contribution is 2.27. The fraction of sp³-hybridized carbons (Fsp3) is 0.0588. The minimum Gasteiger partial charge on any atom is -0.338 e. The van der Waals surface area contributed by atoms with Gasteiger partial charge in [-0.05, 0) is 48.6 Å². The van der Waals surface area contributed by atoms with Crippen molar-refractivity contribution >= 4 is 35.3 Å². The molecule has 0 N–H and O–H groups in total. The van der Waals surface area contributed by atoms with Crippen molar-refractivity contribution in [3.05, 3.63) is 70.3 Å². The van der Waals surface area contributed by atoms with E-state index in [9.17, 15) is 4.39 Å². The summed E-state index contributed by atoms with van der Waals surface area (Å²) in [5.74, 6) is 1.08.